The Morgan fingerprint density at radius 1 is 1.12 bits per heavy atom. The Labute approximate surface area is 144 Å². The minimum atomic E-state index is -0.540. The van der Waals surface area contributed by atoms with Crippen molar-refractivity contribution < 1.29 is 13.9 Å². The van der Waals surface area contributed by atoms with Crippen LogP contribution in [0.3, 0.4) is 0 Å². The third-order valence-corrected chi connectivity index (χ3v) is 4.60. The molecule has 5 heteroatoms. The molecule has 0 saturated carbocycles. The van der Waals surface area contributed by atoms with Crippen LogP contribution in [0.1, 0.15) is 21.5 Å². The average molecular weight is 335 g/mol. The number of hydrogen-bond acceptors (Lipinski definition) is 4. The number of benzene rings is 2. The summed E-state index contributed by atoms with van der Waals surface area (Å²) in [6, 6.07) is 14.5. The second kappa shape index (κ2) is 6.09. The lowest BCUT2D eigenvalue weighted by molar-refractivity contribution is 0.0736. The van der Waals surface area contributed by atoms with E-state index in [1.807, 2.05) is 18.2 Å². The molecule has 1 aromatic heterocycles. The fourth-order valence-corrected chi connectivity index (χ4v) is 3.29. The van der Waals surface area contributed by atoms with Gasteiger partial charge in [-0.25, -0.2) is 4.79 Å². The van der Waals surface area contributed by atoms with Crippen molar-refractivity contribution in [3.8, 4) is 5.75 Å². The van der Waals surface area contributed by atoms with Gasteiger partial charge in [0.05, 0.1) is 12.7 Å². The molecule has 25 heavy (non-hydrogen) atoms. The summed E-state index contributed by atoms with van der Waals surface area (Å²) < 4.78 is 10.4. The highest BCUT2D eigenvalue weighted by Gasteiger charge is 2.24. The summed E-state index contributed by atoms with van der Waals surface area (Å²) >= 11 is 0. The second-order valence-electron chi connectivity index (χ2n) is 6.09. The first kappa shape index (κ1) is 15.4. The summed E-state index contributed by atoms with van der Waals surface area (Å²) in [6.07, 6.45) is 0.815. The molecule has 2 heterocycles. The lowest BCUT2D eigenvalue weighted by atomic mass is 9.99. The van der Waals surface area contributed by atoms with Crippen LogP contribution in [-0.2, 0) is 13.0 Å². The molecule has 0 unspecified atom stereocenters. The van der Waals surface area contributed by atoms with Gasteiger partial charge < -0.3 is 14.1 Å². The van der Waals surface area contributed by atoms with Crippen LogP contribution in [0.4, 0.5) is 0 Å². The van der Waals surface area contributed by atoms with Crippen molar-refractivity contribution in [2.24, 2.45) is 0 Å². The van der Waals surface area contributed by atoms with Gasteiger partial charge in [-0.3, -0.25) is 4.79 Å². The zero-order valence-corrected chi connectivity index (χ0v) is 13.8. The van der Waals surface area contributed by atoms with Crippen LogP contribution < -0.4 is 10.4 Å². The third-order valence-electron chi connectivity index (χ3n) is 4.60. The van der Waals surface area contributed by atoms with Crippen LogP contribution in [0.25, 0.3) is 11.0 Å². The fraction of sp³-hybridized carbons (Fsp3) is 0.200. The van der Waals surface area contributed by atoms with Gasteiger partial charge in [0.1, 0.15) is 11.3 Å². The van der Waals surface area contributed by atoms with Crippen LogP contribution in [0, 0.1) is 0 Å². The molecule has 1 amide bonds. The van der Waals surface area contributed by atoms with Gasteiger partial charge in [-0.2, -0.15) is 0 Å². The van der Waals surface area contributed by atoms with Gasteiger partial charge in [-0.05, 0) is 29.7 Å². The van der Waals surface area contributed by atoms with Gasteiger partial charge in [-0.15, -0.1) is 0 Å². The Morgan fingerprint density at radius 3 is 2.72 bits per heavy atom. The molecular formula is C20H17NO4. The maximum absolute atomic E-state index is 13.0. The normalized spacial score (nSPS) is 13.6. The molecule has 0 aliphatic carbocycles. The summed E-state index contributed by atoms with van der Waals surface area (Å²) in [5, 5.41) is 0.615. The lowest BCUT2D eigenvalue weighted by Gasteiger charge is -2.29. The smallest absolute Gasteiger partial charge is 0.337 e. The highest BCUT2D eigenvalue weighted by Crippen LogP contribution is 2.25. The number of ether oxygens (including phenoxy) is 1. The van der Waals surface area contributed by atoms with Crippen molar-refractivity contribution in [1.82, 2.24) is 4.90 Å². The first-order valence-electron chi connectivity index (χ1n) is 8.13. The molecule has 1 aliphatic heterocycles. The highest BCUT2D eigenvalue weighted by atomic mass is 16.5. The zero-order chi connectivity index (χ0) is 17.4. The Morgan fingerprint density at radius 2 is 1.92 bits per heavy atom. The van der Waals surface area contributed by atoms with Gasteiger partial charge in [-0.1, -0.05) is 24.3 Å². The first-order chi connectivity index (χ1) is 12.2. The van der Waals surface area contributed by atoms with Crippen molar-refractivity contribution in [3.63, 3.8) is 0 Å². The SMILES string of the molecule is COc1ccc2c(C(=O)N3CCc4ccccc4C3)cc(=O)oc2c1. The predicted octanol–water partition coefficient (Wildman–Crippen LogP) is 3.00. The minimum Gasteiger partial charge on any atom is -0.497 e. The molecule has 2 aromatic carbocycles. The van der Waals surface area contributed by atoms with Crippen molar-refractivity contribution in [2.75, 3.05) is 13.7 Å². The van der Waals surface area contributed by atoms with E-state index in [1.54, 1.807) is 30.2 Å². The average Bonchev–Trinajstić information content (AvgIpc) is 2.65. The van der Waals surface area contributed by atoms with Crippen molar-refractivity contribution in [2.45, 2.75) is 13.0 Å². The van der Waals surface area contributed by atoms with Crippen LogP contribution in [0.2, 0.25) is 0 Å². The molecule has 0 radical (unpaired) electrons. The summed E-state index contributed by atoms with van der Waals surface area (Å²) in [5.74, 6) is 0.421. The monoisotopic (exact) mass is 335 g/mol. The minimum absolute atomic E-state index is 0.155. The molecule has 0 saturated heterocycles. The number of methoxy groups -OCH3 is 1. The lowest BCUT2D eigenvalue weighted by Crippen LogP contribution is -2.36. The first-order valence-corrected chi connectivity index (χ1v) is 8.13. The van der Waals surface area contributed by atoms with E-state index in [4.69, 9.17) is 9.15 Å². The number of amides is 1. The van der Waals surface area contributed by atoms with Gasteiger partial charge in [0, 0.05) is 30.6 Å². The van der Waals surface area contributed by atoms with Gasteiger partial charge in [0.25, 0.3) is 5.91 Å². The second-order valence-corrected chi connectivity index (χ2v) is 6.09. The number of fused-ring (bicyclic) bond motifs is 2. The van der Waals surface area contributed by atoms with Crippen molar-refractivity contribution in [3.05, 3.63) is 75.6 Å². The summed E-state index contributed by atoms with van der Waals surface area (Å²) in [5.41, 5.74) is 2.60. The largest absolute Gasteiger partial charge is 0.497 e. The predicted molar refractivity (Wildman–Crippen MR) is 93.9 cm³/mol. The van der Waals surface area contributed by atoms with Crippen LogP contribution >= 0.6 is 0 Å². The fourth-order valence-electron chi connectivity index (χ4n) is 3.29. The molecule has 1 aliphatic rings. The Hall–Kier alpha value is -3.08. The van der Waals surface area contributed by atoms with E-state index in [0.717, 1.165) is 12.0 Å². The van der Waals surface area contributed by atoms with E-state index >= 15 is 0 Å². The quantitative estimate of drug-likeness (QED) is 0.676. The summed E-state index contributed by atoms with van der Waals surface area (Å²) in [4.78, 5) is 26.7. The molecule has 0 N–H and O–H groups in total. The summed E-state index contributed by atoms with van der Waals surface area (Å²) in [6.45, 7) is 1.18. The molecule has 5 nitrogen and oxygen atoms in total. The Kier molecular flexibility index (Phi) is 3.76. The molecule has 0 atom stereocenters. The molecule has 3 aromatic rings. The molecular weight excluding hydrogens is 318 g/mol. The molecule has 0 fully saturated rings. The molecule has 0 bridgehead atoms. The van der Waals surface area contributed by atoms with E-state index in [9.17, 15) is 9.59 Å². The standard InChI is InChI=1S/C20H17NO4/c1-24-15-6-7-16-17(11-19(22)25-18(16)10-15)20(23)21-9-8-13-4-2-3-5-14(13)12-21/h2-7,10-11H,8-9,12H2,1H3. The van der Waals surface area contributed by atoms with Crippen LogP contribution in [0.15, 0.2) is 57.7 Å². The number of rotatable bonds is 2. The maximum Gasteiger partial charge on any atom is 0.337 e. The number of carbonyl (C=O) groups excluding carboxylic acids is 1. The number of nitrogens with zero attached hydrogens (tertiary/aromatic N) is 1. The van der Waals surface area contributed by atoms with Crippen molar-refractivity contribution in [1.29, 1.82) is 0 Å². The molecule has 0 spiro atoms. The van der Waals surface area contributed by atoms with E-state index in [0.29, 0.717) is 35.4 Å². The van der Waals surface area contributed by atoms with Crippen LogP contribution in [-0.4, -0.2) is 24.5 Å². The topological polar surface area (TPSA) is 59.8 Å². The van der Waals surface area contributed by atoms with E-state index in [-0.39, 0.29) is 5.91 Å². The van der Waals surface area contributed by atoms with Crippen LogP contribution in [0.5, 0.6) is 5.75 Å². The van der Waals surface area contributed by atoms with Crippen molar-refractivity contribution >= 4 is 16.9 Å². The van der Waals surface area contributed by atoms with Gasteiger partial charge in [0.2, 0.25) is 0 Å². The van der Waals surface area contributed by atoms with E-state index in [2.05, 4.69) is 6.07 Å². The van der Waals surface area contributed by atoms with Gasteiger partial charge in [0.15, 0.2) is 0 Å². The van der Waals surface area contributed by atoms with E-state index in [1.165, 1.54) is 11.6 Å². The number of carbonyl (C=O) groups is 1. The summed E-state index contributed by atoms with van der Waals surface area (Å²) in [7, 11) is 1.54. The van der Waals surface area contributed by atoms with Gasteiger partial charge >= 0.3 is 5.63 Å². The number of hydrogen-bond donors (Lipinski definition) is 0. The zero-order valence-electron chi connectivity index (χ0n) is 13.8. The highest BCUT2D eigenvalue weighted by molar-refractivity contribution is 6.05. The molecule has 126 valence electrons. The Balaban J connectivity index is 1.74. The van der Waals surface area contributed by atoms with E-state index < -0.39 is 5.63 Å². The third kappa shape index (κ3) is 2.78. The Bertz CT molecular complexity index is 1020. The molecule has 4 rings (SSSR count). The maximum atomic E-state index is 13.0.